The Balaban J connectivity index is 1.55. The number of nitrogens with zero attached hydrogens (tertiary/aromatic N) is 3. The lowest BCUT2D eigenvalue weighted by Crippen LogP contribution is -2.39. The molecular weight excluding hydrogens is 314 g/mol. The minimum Gasteiger partial charge on any atom is -0.339 e. The van der Waals surface area contributed by atoms with E-state index in [2.05, 4.69) is 4.98 Å². The van der Waals surface area contributed by atoms with E-state index in [1.807, 2.05) is 52.9 Å². The summed E-state index contributed by atoms with van der Waals surface area (Å²) in [5.41, 5.74) is 0.763. The van der Waals surface area contributed by atoms with E-state index >= 15 is 0 Å². The number of carbonyl (C=O) groups is 2. The van der Waals surface area contributed by atoms with E-state index in [1.54, 1.807) is 18.3 Å². The van der Waals surface area contributed by atoms with Crippen molar-refractivity contribution in [3.63, 3.8) is 0 Å². The quantitative estimate of drug-likeness (QED) is 0.622. The zero-order chi connectivity index (χ0) is 17.6. The van der Waals surface area contributed by atoms with Crippen LogP contribution in [0.25, 0.3) is 6.08 Å². The average molecular weight is 337 g/mol. The number of benzene rings is 1. The van der Waals surface area contributed by atoms with Crippen LogP contribution in [-0.2, 0) is 11.3 Å². The molecule has 1 aliphatic rings. The zero-order valence-corrected chi connectivity index (χ0v) is 14.5. The molecule has 1 aliphatic heterocycles. The van der Waals surface area contributed by atoms with Gasteiger partial charge in [0.25, 0.3) is 0 Å². The smallest absolute Gasteiger partial charge is 0.246 e. The minimum absolute atomic E-state index is 0.00872. The van der Waals surface area contributed by atoms with Gasteiger partial charge in [-0.15, -0.1) is 0 Å². The van der Waals surface area contributed by atoms with Crippen LogP contribution >= 0.6 is 0 Å². The lowest BCUT2D eigenvalue weighted by Gasteiger charge is -2.30. The van der Waals surface area contributed by atoms with Crippen LogP contribution in [0.2, 0.25) is 0 Å². The lowest BCUT2D eigenvalue weighted by molar-refractivity contribution is -0.127. The maximum Gasteiger partial charge on any atom is 0.246 e. The molecule has 0 atom stereocenters. The van der Waals surface area contributed by atoms with E-state index in [9.17, 15) is 9.59 Å². The fourth-order valence-electron chi connectivity index (χ4n) is 3.20. The first-order chi connectivity index (χ1) is 12.2. The van der Waals surface area contributed by atoms with Crippen molar-refractivity contribution in [2.45, 2.75) is 26.3 Å². The molecule has 1 saturated heterocycles. The molecule has 0 saturated carbocycles. The van der Waals surface area contributed by atoms with Crippen molar-refractivity contribution in [3.8, 4) is 0 Å². The molecule has 25 heavy (non-hydrogen) atoms. The van der Waals surface area contributed by atoms with Gasteiger partial charge in [0.15, 0.2) is 5.78 Å². The number of likely N-dealkylation sites (tertiary alicyclic amines) is 1. The molecule has 0 unspecified atom stereocenters. The fourth-order valence-corrected chi connectivity index (χ4v) is 3.20. The van der Waals surface area contributed by atoms with Crippen molar-refractivity contribution in [1.82, 2.24) is 14.5 Å². The van der Waals surface area contributed by atoms with E-state index in [0.29, 0.717) is 13.1 Å². The Morgan fingerprint density at radius 1 is 1.20 bits per heavy atom. The van der Waals surface area contributed by atoms with Gasteiger partial charge in [-0.05, 0) is 25.8 Å². The fraction of sp³-hybridized carbons (Fsp3) is 0.350. The van der Waals surface area contributed by atoms with E-state index < -0.39 is 0 Å². The third-order valence-electron chi connectivity index (χ3n) is 4.70. The summed E-state index contributed by atoms with van der Waals surface area (Å²) in [6.07, 6.45) is 8.40. The molecule has 1 aromatic heterocycles. The number of imidazole rings is 1. The summed E-state index contributed by atoms with van der Waals surface area (Å²) in [7, 11) is 0. The monoisotopic (exact) mass is 337 g/mol. The molecule has 1 amide bonds. The zero-order valence-electron chi connectivity index (χ0n) is 14.5. The topological polar surface area (TPSA) is 55.2 Å². The Bertz CT molecular complexity index is 756. The standard InChI is InChI=1S/C20H23N3O2/c1-2-22-15-12-21-18(22)8-9-19(24)23-13-10-17(11-14-23)20(25)16-6-4-3-5-7-16/h3-9,12,15,17H,2,10-11,13-14H2,1H3. The van der Waals surface area contributed by atoms with Crippen LogP contribution in [0, 0.1) is 5.92 Å². The Kier molecular flexibility index (Phi) is 5.43. The van der Waals surface area contributed by atoms with Crippen molar-refractivity contribution >= 4 is 17.8 Å². The number of carbonyl (C=O) groups excluding carboxylic acids is 2. The molecule has 0 bridgehead atoms. The van der Waals surface area contributed by atoms with Gasteiger partial charge in [-0.2, -0.15) is 0 Å². The molecule has 5 heteroatoms. The molecule has 3 rings (SSSR count). The van der Waals surface area contributed by atoms with Gasteiger partial charge in [-0.3, -0.25) is 9.59 Å². The van der Waals surface area contributed by atoms with Gasteiger partial charge in [-0.1, -0.05) is 30.3 Å². The minimum atomic E-state index is -0.0173. The molecule has 0 aliphatic carbocycles. The molecule has 0 radical (unpaired) electrons. The number of aryl methyl sites for hydroxylation is 1. The van der Waals surface area contributed by atoms with Gasteiger partial charge >= 0.3 is 0 Å². The van der Waals surface area contributed by atoms with Crippen LogP contribution < -0.4 is 0 Å². The molecule has 5 nitrogen and oxygen atoms in total. The highest BCUT2D eigenvalue weighted by Gasteiger charge is 2.27. The van der Waals surface area contributed by atoms with Gasteiger partial charge in [0.05, 0.1) is 0 Å². The first kappa shape index (κ1) is 17.1. The van der Waals surface area contributed by atoms with Gasteiger partial charge in [-0.25, -0.2) is 4.98 Å². The summed E-state index contributed by atoms with van der Waals surface area (Å²) in [6.45, 7) is 4.10. The van der Waals surface area contributed by atoms with E-state index in [1.165, 1.54) is 0 Å². The highest BCUT2D eigenvalue weighted by atomic mass is 16.2. The van der Waals surface area contributed by atoms with Crippen molar-refractivity contribution in [2.75, 3.05) is 13.1 Å². The van der Waals surface area contributed by atoms with E-state index in [0.717, 1.165) is 30.8 Å². The summed E-state index contributed by atoms with van der Waals surface area (Å²) in [5, 5.41) is 0. The normalized spacial score (nSPS) is 15.6. The van der Waals surface area contributed by atoms with Crippen LogP contribution in [-0.4, -0.2) is 39.2 Å². The van der Waals surface area contributed by atoms with Gasteiger partial charge in [0.1, 0.15) is 5.82 Å². The number of piperidine rings is 1. The third-order valence-corrected chi connectivity index (χ3v) is 4.70. The predicted octanol–water partition coefficient (Wildman–Crippen LogP) is 3.04. The second kappa shape index (κ2) is 7.92. The second-order valence-corrected chi connectivity index (χ2v) is 6.23. The van der Waals surface area contributed by atoms with Crippen molar-refractivity contribution in [1.29, 1.82) is 0 Å². The Morgan fingerprint density at radius 2 is 1.92 bits per heavy atom. The van der Waals surface area contributed by atoms with Crippen LogP contribution in [0.5, 0.6) is 0 Å². The Hall–Kier alpha value is -2.69. The molecule has 1 aromatic carbocycles. The summed E-state index contributed by atoms with van der Waals surface area (Å²) in [4.78, 5) is 30.9. The number of amides is 1. The van der Waals surface area contributed by atoms with Gasteiger partial charge in [0.2, 0.25) is 5.91 Å². The number of hydrogen-bond acceptors (Lipinski definition) is 3. The first-order valence-electron chi connectivity index (χ1n) is 8.76. The predicted molar refractivity (Wildman–Crippen MR) is 97.0 cm³/mol. The molecular formula is C20H23N3O2. The van der Waals surface area contributed by atoms with E-state index in [-0.39, 0.29) is 17.6 Å². The van der Waals surface area contributed by atoms with Crippen molar-refractivity contribution in [3.05, 3.63) is 60.2 Å². The molecule has 130 valence electrons. The molecule has 2 heterocycles. The number of aromatic nitrogens is 2. The maximum atomic E-state index is 12.5. The van der Waals surface area contributed by atoms with Crippen LogP contribution in [0.4, 0.5) is 0 Å². The lowest BCUT2D eigenvalue weighted by atomic mass is 9.89. The molecule has 2 aromatic rings. The van der Waals surface area contributed by atoms with Crippen LogP contribution in [0.1, 0.15) is 35.9 Å². The number of Topliss-reactive ketones (excluding diaryl/α,β-unsaturated/α-hetero) is 1. The summed E-state index contributed by atoms with van der Waals surface area (Å²) in [5.74, 6) is 0.962. The van der Waals surface area contributed by atoms with Gasteiger partial charge < -0.3 is 9.47 Å². The summed E-state index contributed by atoms with van der Waals surface area (Å²) in [6, 6.07) is 9.40. The SMILES string of the molecule is CCn1ccnc1C=CC(=O)N1CCC(C(=O)c2ccccc2)CC1. The Morgan fingerprint density at radius 3 is 2.60 bits per heavy atom. The number of ketones is 1. The Labute approximate surface area is 148 Å². The van der Waals surface area contributed by atoms with Crippen LogP contribution in [0.15, 0.2) is 48.8 Å². The largest absolute Gasteiger partial charge is 0.339 e. The molecule has 1 fully saturated rings. The van der Waals surface area contributed by atoms with Crippen LogP contribution in [0.3, 0.4) is 0 Å². The van der Waals surface area contributed by atoms with Crippen molar-refractivity contribution in [2.24, 2.45) is 5.92 Å². The third kappa shape index (κ3) is 4.05. The van der Waals surface area contributed by atoms with Crippen molar-refractivity contribution < 1.29 is 9.59 Å². The molecule has 0 N–H and O–H groups in total. The molecule has 0 spiro atoms. The summed E-state index contributed by atoms with van der Waals surface area (Å²) >= 11 is 0. The van der Waals surface area contributed by atoms with E-state index in [4.69, 9.17) is 0 Å². The number of rotatable bonds is 5. The maximum absolute atomic E-state index is 12.5. The highest BCUT2D eigenvalue weighted by Crippen LogP contribution is 2.22. The highest BCUT2D eigenvalue weighted by molar-refractivity contribution is 5.98. The first-order valence-corrected chi connectivity index (χ1v) is 8.76. The van der Waals surface area contributed by atoms with Gasteiger partial charge in [0, 0.05) is 49.6 Å². The second-order valence-electron chi connectivity index (χ2n) is 6.23. The summed E-state index contributed by atoms with van der Waals surface area (Å²) < 4.78 is 1.98. The average Bonchev–Trinajstić information content (AvgIpc) is 3.14. The number of hydrogen-bond donors (Lipinski definition) is 0.